The van der Waals surface area contributed by atoms with E-state index in [9.17, 15) is 4.79 Å². The van der Waals surface area contributed by atoms with Gasteiger partial charge in [-0.05, 0) is 25.6 Å². The number of hydrogen-bond donors (Lipinski definition) is 1. The van der Waals surface area contributed by atoms with Gasteiger partial charge in [0, 0.05) is 30.9 Å². The molecule has 0 aliphatic rings. The molecule has 0 spiro atoms. The normalized spacial score (nSPS) is 10.0. The molecule has 70 valence electrons. The third kappa shape index (κ3) is 2.63. The van der Waals surface area contributed by atoms with E-state index in [1.54, 1.807) is 12.4 Å². The van der Waals surface area contributed by atoms with Crippen LogP contribution in [0.15, 0.2) is 18.5 Å². The number of pyridine rings is 1. The summed E-state index contributed by atoms with van der Waals surface area (Å²) in [7, 11) is 1.84. The fourth-order valence-electron chi connectivity index (χ4n) is 1.13. The van der Waals surface area contributed by atoms with Crippen molar-refractivity contribution < 1.29 is 4.79 Å². The van der Waals surface area contributed by atoms with Crippen molar-refractivity contribution in [2.24, 2.45) is 0 Å². The van der Waals surface area contributed by atoms with E-state index in [-0.39, 0.29) is 5.78 Å². The predicted molar refractivity (Wildman–Crippen MR) is 51.8 cm³/mol. The van der Waals surface area contributed by atoms with Crippen molar-refractivity contribution in [2.75, 3.05) is 13.6 Å². The van der Waals surface area contributed by atoms with Gasteiger partial charge in [0.15, 0.2) is 5.78 Å². The molecule has 3 nitrogen and oxygen atoms in total. The highest BCUT2D eigenvalue weighted by Crippen LogP contribution is 2.07. The lowest BCUT2D eigenvalue weighted by Gasteiger charge is -2.02. The van der Waals surface area contributed by atoms with Crippen molar-refractivity contribution in [1.82, 2.24) is 10.3 Å². The zero-order valence-corrected chi connectivity index (χ0v) is 8.00. The summed E-state index contributed by atoms with van der Waals surface area (Å²) >= 11 is 0. The van der Waals surface area contributed by atoms with Crippen LogP contribution in [0.1, 0.15) is 22.3 Å². The fourth-order valence-corrected chi connectivity index (χ4v) is 1.13. The number of nitrogens with one attached hydrogen (secondary N) is 1. The maximum atomic E-state index is 11.5. The van der Waals surface area contributed by atoms with Crippen LogP contribution in [0.2, 0.25) is 0 Å². The van der Waals surface area contributed by atoms with Crippen LogP contribution < -0.4 is 5.32 Å². The van der Waals surface area contributed by atoms with Crippen molar-refractivity contribution in [1.29, 1.82) is 0 Å². The van der Waals surface area contributed by atoms with E-state index in [0.717, 1.165) is 11.1 Å². The van der Waals surface area contributed by atoms with E-state index in [4.69, 9.17) is 0 Å². The molecule has 1 N–H and O–H groups in total. The quantitative estimate of drug-likeness (QED) is 0.704. The zero-order valence-electron chi connectivity index (χ0n) is 8.00. The van der Waals surface area contributed by atoms with Gasteiger partial charge in [0.1, 0.15) is 0 Å². The molecule has 0 aliphatic carbocycles. The number of carbonyl (C=O) groups is 1. The van der Waals surface area contributed by atoms with Gasteiger partial charge in [0.05, 0.1) is 0 Å². The topological polar surface area (TPSA) is 42.0 Å². The maximum absolute atomic E-state index is 11.5. The number of rotatable bonds is 4. The summed E-state index contributed by atoms with van der Waals surface area (Å²) in [6.07, 6.45) is 3.86. The summed E-state index contributed by atoms with van der Waals surface area (Å²) in [4.78, 5) is 15.5. The molecule has 1 aromatic rings. The molecule has 0 saturated carbocycles. The van der Waals surface area contributed by atoms with E-state index in [2.05, 4.69) is 10.3 Å². The Morgan fingerprint density at radius 3 is 3.00 bits per heavy atom. The molecule has 1 heterocycles. The van der Waals surface area contributed by atoms with Gasteiger partial charge in [-0.25, -0.2) is 0 Å². The second-order valence-corrected chi connectivity index (χ2v) is 2.97. The molecule has 0 radical (unpaired) electrons. The SMILES string of the molecule is CNCCC(=O)c1cnccc1C. The van der Waals surface area contributed by atoms with Gasteiger partial charge < -0.3 is 5.32 Å². The van der Waals surface area contributed by atoms with E-state index in [1.807, 2.05) is 20.0 Å². The van der Waals surface area contributed by atoms with Gasteiger partial charge in [-0.3, -0.25) is 9.78 Å². The smallest absolute Gasteiger partial charge is 0.165 e. The number of hydrogen-bond acceptors (Lipinski definition) is 3. The van der Waals surface area contributed by atoms with Crippen LogP contribution in [0.5, 0.6) is 0 Å². The summed E-state index contributed by atoms with van der Waals surface area (Å²) < 4.78 is 0. The van der Waals surface area contributed by atoms with Gasteiger partial charge in [0.25, 0.3) is 0 Å². The molecule has 0 aliphatic heterocycles. The number of carbonyl (C=O) groups excluding carboxylic acids is 1. The average Bonchev–Trinajstić information content (AvgIpc) is 2.15. The lowest BCUT2D eigenvalue weighted by atomic mass is 10.1. The highest BCUT2D eigenvalue weighted by Gasteiger charge is 2.07. The molecule has 0 unspecified atom stereocenters. The standard InChI is InChI=1S/C10H14N2O/c1-8-3-6-12-7-9(8)10(13)4-5-11-2/h3,6-7,11H,4-5H2,1-2H3. The second kappa shape index (κ2) is 4.72. The van der Waals surface area contributed by atoms with Crippen LogP contribution in [0.4, 0.5) is 0 Å². The maximum Gasteiger partial charge on any atom is 0.165 e. The van der Waals surface area contributed by atoms with Gasteiger partial charge >= 0.3 is 0 Å². The van der Waals surface area contributed by atoms with Crippen LogP contribution >= 0.6 is 0 Å². The Morgan fingerprint density at radius 2 is 2.38 bits per heavy atom. The Kier molecular flexibility index (Phi) is 3.58. The number of nitrogens with zero attached hydrogens (tertiary/aromatic N) is 1. The highest BCUT2D eigenvalue weighted by atomic mass is 16.1. The fraction of sp³-hybridized carbons (Fsp3) is 0.400. The number of ketones is 1. The van der Waals surface area contributed by atoms with Gasteiger partial charge in [-0.15, -0.1) is 0 Å². The first-order valence-corrected chi connectivity index (χ1v) is 4.34. The van der Waals surface area contributed by atoms with Gasteiger partial charge in [-0.2, -0.15) is 0 Å². The molecule has 3 heteroatoms. The van der Waals surface area contributed by atoms with Crippen molar-refractivity contribution in [3.05, 3.63) is 29.6 Å². The van der Waals surface area contributed by atoms with Crippen molar-refractivity contribution >= 4 is 5.78 Å². The lowest BCUT2D eigenvalue weighted by molar-refractivity contribution is 0.0982. The Balaban J connectivity index is 2.71. The second-order valence-electron chi connectivity index (χ2n) is 2.97. The van der Waals surface area contributed by atoms with E-state index >= 15 is 0 Å². The number of aryl methyl sites for hydroxylation is 1. The van der Waals surface area contributed by atoms with Crippen LogP contribution in [0, 0.1) is 6.92 Å². The first-order chi connectivity index (χ1) is 6.25. The summed E-state index contributed by atoms with van der Waals surface area (Å²) in [6.45, 7) is 2.64. The minimum Gasteiger partial charge on any atom is -0.319 e. The van der Waals surface area contributed by atoms with E-state index in [0.29, 0.717) is 13.0 Å². The molecule has 0 aromatic carbocycles. The summed E-state index contributed by atoms with van der Waals surface area (Å²) in [5.41, 5.74) is 1.73. The summed E-state index contributed by atoms with van der Waals surface area (Å²) in [5, 5.41) is 2.95. The van der Waals surface area contributed by atoms with Gasteiger partial charge in [0.2, 0.25) is 0 Å². The van der Waals surface area contributed by atoms with Crippen LogP contribution in [-0.4, -0.2) is 24.4 Å². The molecule has 0 bridgehead atoms. The monoisotopic (exact) mass is 178 g/mol. The molecule has 1 rings (SSSR count). The van der Waals surface area contributed by atoms with Crippen LogP contribution in [-0.2, 0) is 0 Å². The molecule has 0 fully saturated rings. The number of aromatic nitrogens is 1. The molecular weight excluding hydrogens is 164 g/mol. The molecule has 0 saturated heterocycles. The van der Waals surface area contributed by atoms with Crippen LogP contribution in [0.25, 0.3) is 0 Å². The number of Topliss-reactive ketones (excluding diaryl/α,β-unsaturated/α-hetero) is 1. The van der Waals surface area contributed by atoms with Gasteiger partial charge in [-0.1, -0.05) is 0 Å². The lowest BCUT2D eigenvalue weighted by Crippen LogP contribution is -2.13. The molecule has 0 amide bonds. The van der Waals surface area contributed by atoms with E-state index < -0.39 is 0 Å². The van der Waals surface area contributed by atoms with Crippen molar-refractivity contribution in [3.8, 4) is 0 Å². The van der Waals surface area contributed by atoms with Crippen LogP contribution in [0.3, 0.4) is 0 Å². The molecule has 1 aromatic heterocycles. The highest BCUT2D eigenvalue weighted by molar-refractivity contribution is 5.97. The Labute approximate surface area is 78.2 Å². The minimum absolute atomic E-state index is 0.153. The first-order valence-electron chi connectivity index (χ1n) is 4.34. The predicted octanol–water partition coefficient (Wildman–Crippen LogP) is 1.18. The zero-order chi connectivity index (χ0) is 9.68. The van der Waals surface area contributed by atoms with Crippen molar-refractivity contribution in [2.45, 2.75) is 13.3 Å². The molecular formula is C10H14N2O. The average molecular weight is 178 g/mol. The minimum atomic E-state index is 0.153. The first kappa shape index (κ1) is 9.86. The third-order valence-corrected chi connectivity index (χ3v) is 1.94. The Morgan fingerprint density at radius 1 is 1.62 bits per heavy atom. The molecule has 0 atom stereocenters. The third-order valence-electron chi connectivity index (χ3n) is 1.94. The van der Waals surface area contributed by atoms with Crippen molar-refractivity contribution in [3.63, 3.8) is 0 Å². The summed E-state index contributed by atoms with van der Waals surface area (Å²) in [5.74, 6) is 0.153. The Hall–Kier alpha value is -1.22. The Bertz CT molecular complexity index is 297. The van der Waals surface area contributed by atoms with E-state index in [1.165, 1.54) is 0 Å². The molecule has 13 heavy (non-hydrogen) atoms. The largest absolute Gasteiger partial charge is 0.319 e. The summed E-state index contributed by atoms with van der Waals surface area (Å²) in [6, 6.07) is 1.85.